The van der Waals surface area contributed by atoms with Gasteiger partial charge in [0.1, 0.15) is 30.0 Å². The zero-order chi connectivity index (χ0) is 25.5. The highest BCUT2D eigenvalue weighted by atomic mass is 35.5. The Morgan fingerprint density at radius 2 is 1.62 bits per heavy atom. The van der Waals surface area contributed by atoms with Crippen LogP contribution in [0.3, 0.4) is 0 Å². The van der Waals surface area contributed by atoms with E-state index in [1.807, 2.05) is 72.8 Å². The number of halogens is 1. The molecule has 190 valence electrons. The minimum Gasteiger partial charge on any atom is -0.457 e. The van der Waals surface area contributed by atoms with Crippen LogP contribution in [0.4, 0.5) is 10.5 Å². The maximum absolute atomic E-state index is 13.7. The number of urea groups is 1. The molecule has 0 saturated carbocycles. The third-order valence-corrected chi connectivity index (χ3v) is 7.67. The molecule has 9 heteroatoms. The van der Waals surface area contributed by atoms with Crippen molar-refractivity contribution in [3.05, 3.63) is 89.4 Å². The fraction of sp³-hybridized carbons (Fsp3) is 0.286. The standard InChI is InChI=1S/C28H28ClN5O3/c1-31-25-24(26(35)34(28(31)36)18-19-8-5-6-11-23(19)29)33-17-7-16-32(27(33)30-25)20-12-14-22(15-13-20)37-21-9-3-2-4-10-21/h2-6,8-15,24-25,27,30H,7,16-18H2,1H3. The lowest BCUT2D eigenvalue weighted by Crippen LogP contribution is -2.66. The van der Waals surface area contributed by atoms with Crippen LogP contribution in [0.5, 0.6) is 11.5 Å². The zero-order valence-electron chi connectivity index (χ0n) is 20.5. The highest BCUT2D eigenvalue weighted by Gasteiger charge is 2.56. The highest BCUT2D eigenvalue weighted by molar-refractivity contribution is 6.31. The van der Waals surface area contributed by atoms with Crippen LogP contribution < -0.4 is 15.0 Å². The first-order chi connectivity index (χ1) is 18.0. The number of amides is 3. The first-order valence-electron chi connectivity index (χ1n) is 12.4. The SMILES string of the molecule is CN1C(=O)N(Cc2ccccc2Cl)C(=O)C2C1NC1N(c3ccc(Oc4ccccc4)cc3)CCCN21. The third kappa shape index (κ3) is 4.31. The predicted molar refractivity (Wildman–Crippen MR) is 141 cm³/mol. The molecule has 3 amide bonds. The van der Waals surface area contributed by atoms with E-state index in [0.717, 1.165) is 42.3 Å². The smallest absolute Gasteiger partial charge is 0.328 e. The topological polar surface area (TPSA) is 68.4 Å². The lowest BCUT2D eigenvalue weighted by Gasteiger charge is -2.44. The minimum atomic E-state index is -0.473. The molecule has 3 aromatic carbocycles. The highest BCUT2D eigenvalue weighted by Crippen LogP contribution is 2.34. The van der Waals surface area contributed by atoms with E-state index in [1.54, 1.807) is 18.0 Å². The molecule has 0 spiro atoms. The van der Waals surface area contributed by atoms with Gasteiger partial charge in [0.25, 0.3) is 5.91 Å². The number of carbonyl (C=O) groups is 2. The zero-order valence-corrected chi connectivity index (χ0v) is 21.2. The van der Waals surface area contributed by atoms with Crippen molar-refractivity contribution in [1.82, 2.24) is 20.0 Å². The Labute approximate surface area is 221 Å². The van der Waals surface area contributed by atoms with Crippen molar-refractivity contribution in [2.24, 2.45) is 0 Å². The number of likely N-dealkylation sites (N-methyl/N-ethyl adjacent to an activating group) is 1. The summed E-state index contributed by atoms with van der Waals surface area (Å²) in [5.74, 6) is 1.34. The van der Waals surface area contributed by atoms with Gasteiger partial charge in [-0.1, -0.05) is 48.0 Å². The number of carbonyl (C=O) groups excluding carboxylic acids is 2. The van der Waals surface area contributed by atoms with Crippen LogP contribution in [0, 0.1) is 0 Å². The molecule has 0 aliphatic carbocycles. The monoisotopic (exact) mass is 517 g/mol. The number of para-hydroxylation sites is 1. The summed E-state index contributed by atoms with van der Waals surface area (Å²) in [5.41, 5.74) is 1.77. The van der Waals surface area contributed by atoms with E-state index < -0.39 is 12.2 Å². The molecule has 8 nitrogen and oxygen atoms in total. The number of ether oxygens (including phenoxy) is 1. The first-order valence-corrected chi connectivity index (χ1v) is 12.8. The van der Waals surface area contributed by atoms with E-state index >= 15 is 0 Å². The van der Waals surface area contributed by atoms with Gasteiger partial charge in [0.05, 0.1) is 6.54 Å². The lowest BCUT2D eigenvalue weighted by atomic mass is 10.1. The fourth-order valence-electron chi connectivity index (χ4n) is 5.46. The van der Waals surface area contributed by atoms with Crippen LogP contribution in [0.1, 0.15) is 12.0 Å². The molecule has 3 unspecified atom stereocenters. The Bertz CT molecular complexity index is 1300. The second kappa shape index (κ2) is 9.70. The molecular formula is C28H28ClN5O3. The molecule has 3 atom stereocenters. The molecule has 1 N–H and O–H groups in total. The number of benzene rings is 3. The predicted octanol–water partition coefficient (Wildman–Crippen LogP) is 4.32. The maximum Gasteiger partial charge on any atom is 0.328 e. The van der Waals surface area contributed by atoms with Crippen molar-refractivity contribution in [2.45, 2.75) is 31.5 Å². The second-order valence-corrected chi connectivity index (χ2v) is 9.94. The van der Waals surface area contributed by atoms with E-state index in [1.165, 1.54) is 4.90 Å². The minimum absolute atomic E-state index is 0.149. The number of nitrogens with one attached hydrogen (secondary N) is 1. The van der Waals surface area contributed by atoms with Crippen molar-refractivity contribution in [3.8, 4) is 11.5 Å². The number of imide groups is 1. The molecule has 3 fully saturated rings. The Kier molecular flexibility index (Phi) is 6.24. The van der Waals surface area contributed by atoms with Crippen LogP contribution in [0.15, 0.2) is 78.9 Å². The summed E-state index contributed by atoms with van der Waals surface area (Å²) < 4.78 is 5.95. The van der Waals surface area contributed by atoms with Gasteiger partial charge in [-0.15, -0.1) is 0 Å². The first kappa shape index (κ1) is 23.8. The summed E-state index contributed by atoms with van der Waals surface area (Å²) in [6.45, 7) is 1.75. The van der Waals surface area contributed by atoms with Gasteiger partial charge in [-0.2, -0.15) is 0 Å². The van der Waals surface area contributed by atoms with E-state index in [9.17, 15) is 9.59 Å². The molecular weight excluding hydrogens is 490 g/mol. The average Bonchev–Trinajstić information content (AvgIpc) is 3.32. The third-order valence-electron chi connectivity index (χ3n) is 7.30. The second-order valence-electron chi connectivity index (χ2n) is 9.53. The Morgan fingerprint density at radius 1 is 0.919 bits per heavy atom. The van der Waals surface area contributed by atoms with Crippen LogP contribution in [-0.2, 0) is 11.3 Å². The number of hydrogen-bond acceptors (Lipinski definition) is 6. The summed E-state index contributed by atoms with van der Waals surface area (Å²) in [7, 11) is 1.75. The van der Waals surface area contributed by atoms with Gasteiger partial charge < -0.3 is 14.5 Å². The normalized spacial score (nSPS) is 23.7. The maximum atomic E-state index is 13.7. The van der Waals surface area contributed by atoms with Crippen LogP contribution >= 0.6 is 11.6 Å². The Balaban J connectivity index is 1.22. The van der Waals surface area contributed by atoms with Gasteiger partial charge in [-0.3, -0.25) is 19.9 Å². The molecule has 0 radical (unpaired) electrons. The molecule has 3 saturated heterocycles. The fourth-order valence-corrected chi connectivity index (χ4v) is 5.65. The number of fused-ring (bicyclic) bond motifs is 3. The van der Waals surface area contributed by atoms with Crippen LogP contribution in [0.2, 0.25) is 5.02 Å². The summed E-state index contributed by atoms with van der Waals surface area (Å²) in [4.78, 5) is 34.3. The van der Waals surface area contributed by atoms with Crippen molar-refractivity contribution < 1.29 is 14.3 Å². The van der Waals surface area contributed by atoms with Gasteiger partial charge in [0.2, 0.25) is 0 Å². The molecule has 0 bridgehead atoms. The Morgan fingerprint density at radius 3 is 2.38 bits per heavy atom. The van der Waals surface area contributed by atoms with Gasteiger partial charge in [-0.25, -0.2) is 4.79 Å². The molecule has 3 heterocycles. The van der Waals surface area contributed by atoms with E-state index in [0.29, 0.717) is 5.02 Å². The molecule has 0 aromatic heterocycles. The van der Waals surface area contributed by atoms with Gasteiger partial charge in [0, 0.05) is 30.8 Å². The number of hydrogen-bond donors (Lipinski definition) is 1. The van der Waals surface area contributed by atoms with E-state index in [4.69, 9.17) is 16.3 Å². The Hall–Kier alpha value is -3.59. The summed E-state index contributed by atoms with van der Waals surface area (Å²) in [6.07, 6.45) is 0.289. The number of rotatable bonds is 5. The summed E-state index contributed by atoms with van der Waals surface area (Å²) in [5, 5.41) is 4.10. The van der Waals surface area contributed by atoms with E-state index in [2.05, 4.69) is 15.1 Å². The van der Waals surface area contributed by atoms with Crippen LogP contribution in [-0.4, -0.2) is 65.3 Å². The average molecular weight is 518 g/mol. The van der Waals surface area contributed by atoms with Crippen LogP contribution in [0.25, 0.3) is 0 Å². The molecule has 3 aliphatic heterocycles. The number of anilines is 1. The van der Waals surface area contributed by atoms with Gasteiger partial charge >= 0.3 is 6.03 Å². The molecule has 6 rings (SSSR count). The largest absolute Gasteiger partial charge is 0.457 e. The molecule has 3 aromatic rings. The summed E-state index contributed by atoms with van der Waals surface area (Å²) in [6, 6.07) is 24.2. The van der Waals surface area contributed by atoms with Crippen molar-refractivity contribution in [2.75, 3.05) is 25.0 Å². The van der Waals surface area contributed by atoms with Crippen molar-refractivity contribution in [1.29, 1.82) is 0 Å². The van der Waals surface area contributed by atoms with Crippen molar-refractivity contribution in [3.63, 3.8) is 0 Å². The van der Waals surface area contributed by atoms with Gasteiger partial charge in [0.15, 0.2) is 0 Å². The number of nitrogens with zero attached hydrogens (tertiary/aromatic N) is 4. The van der Waals surface area contributed by atoms with E-state index in [-0.39, 0.29) is 24.8 Å². The summed E-state index contributed by atoms with van der Waals surface area (Å²) >= 11 is 6.34. The van der Waals surface area contributed by atoms with Crippen molar-refractivity contribution >= 4 is 29.2 Å². The molecule has 3 aliphatic rings. The quantitative estimate of drug-likeness (QED) is 0.543. The van der Waals surface area contributed by atoms with Gasteiger partial charge in [-0.05, 0) is 54.4 Å². The molecule has 37 heavy (non-hydrogen) atoms. The lowest BCUT2D eigenvalue weighted by molar-refractivity contribution is -0.139.